The molecular formula is C21H19Cl2N3O. The molecule has 0 saturated carbocycles. The predicted molar refractivity (Wildman–Crippen MR) is 112 cm³/mol. The van der Waals surface area contributed by atoms with Crippen LogP contribution in [0.25, 0.3) is 11.3 Å². The molecule has 1 N–H and O–H groups in total. The number of likely N-dealkylation sites (N-methyl/N-ethyl adjacent to an activating group) is 1. The molecule has 0 bridgehead atoms. The Morgan fingerprint density at radius 3 is 2.59 bits per heavy atom. The van der Waals surface area contributed by atoms with Crippen LogP contribution in [0.4, 0.5) is 11.4 Å². The maximum Gasteiger partial charge on any atom is 0.248 e. The molecule has 6 heteroatoms. The standard InChI is InChI=1S/C21H19Cl2N3O/c1-25-9-10-26(16-7-8-17(22)18(23)12-16)20-11-14(5-6-15(20)13-25)19-3-2-4-21(27)24-19/h2-8,11-12H,9-10,13H2,1H3,(H,24,27). The Morgan fingerprint density at radius 2 is 1.81 bits per heavy atom. The zero-order chi connectivity index (χ0) is 19.0. The summed E-state index contributed by atoms with van der Waals surface area (Å²) < 4.78 is 0. The highest BCUT2D eigenvalue weighted by atomic mass is 35.5. The van der Waals surface area contributed by atoms with Gasteiger partial charge in [0.25, 0.3) is 0 Å². The normalized spacial score (nSPS) is 14.7. The summed E-state index contributed by atoms with van der Waals surface area (Å²) in [6.45, 7) is 2.61. The first-order chi connectivity index (χ1) is 13.0. The molecule has 2 heterocycles. The van der Waals surface area contributed by atoms with Crippen LogP contribution in [0.5, 0.6) is 0 Å². The van der Waals surface area contributed by atoms with Crippen LogP contribution in [0.2, 0.25) is 10.0 Å². The minimum Gasteiger partial charge on any atom is -0.340 e. The largest absolute Gasteiger partial charge is 0.340 e. The number of pyridine rings is 1. The van der Waals surface area contributed by atoms with Crippen molar-refractivity contribution in [3.8, 4) is 11.3 Å². The molecule has 138 valence electrons. The molecule has 1 aliphatic rings. The van der Waals surface area contributed by atoms with Crippen molar-refractivity contribution in [2.75, 3.05) is 25.0 Å². The van der Waals surface area contributed by atoms with E-state index in [2.05, 4.69) is 40.0 Å². The van der Waals surface area contributed by atoms with Gasteiger partial charge in [-0.25, -0.2) is 0 Å². The number of hydrogen-bond donors (Lipinski definition) is 1. The van der Waals surface area contributed by atoms with E-state index >= 15 is 0 Å². The van der Waals surface area contributed by atoms with Gasteiger partial charge in [-0.1, -0.05) is 41.4 Å². The average Bonchev–Trinajstić information content (AvgIpc) is 2.82. The van der Waals surface area contributed by atoms with Crippen LogP contribution in [-0.2, 0) is 6.54 Å². The number of anilines is 2. The Labute approximate surface area is 168 Å². The molecule has 0 amide bonds. The van der Waals surface area contributed by atoms with Crippen LogP contribution >= 0.6 is 23.2 Å². The first-order valence-corrected chi connectivity index (χ1v) is 9.50. The Balaban J connectivity index is 1.84. The Kier molecular flexibility index (Phi) is 4.96. The predicted octanol–water partition coefficient (Wildman–Crippen LogP) is 4.93. The number of nitrogens with zero attached hydrogens (tertiary/aromatic N) is 2. The van der Waals surface area contributed by atoms with Gasteiger partial charge in [0.15, 0.2) is 0 Å². The highest BCUT2D eigenvalue weighted by Gasteiger charge is 2.20. The van der Waals surface area contributed by atoms with Gasteiger partial charge in [0.1, 0.15) is 0 Å². The maximum absolute atomic E-state index is 11.7. The van der Waals surface area contributed by atoms with Gasteiger partial charge in [-0.05, 0) is 42.9 Å². The van der Waals surface area contributed by atoms with Crippen molar-refractivity contribution >= 4 is 34.6 Å². The average molecular weight is 400 g/mol. The van der Waals surface area contributed by atoms with Gasteiger partial charge in [0, 0.05) is 48.3 Å². The summed E-state index contributed by atoms with van der Waals surface area (Å²) in [7, 11) is 2.12. The molecule has 2 aromatic carbocycles. The fraction of sp³-hybridized carbons (Fsp3) is 0.190. The lowest BCUT2D eigenvalue weighted by Crippen LogP contribution is -2.26. The van der Waals surface area contributed by atoms with Gasteiger partial charge in [-0.15, -0.1) is 0 Å². The van der Waals surface area contributed by atoms with E-state index in [0.29, 0.717) is 10.0 Å². The molecule has 0 atom stereocenters. The molecule has 0 unspecified atom stereocenters. The van der Waals surface area contributed by atoms with Crippen molar-refractivity contribution in [2.24, 2.45) is 0 Å². The summed E-state index contributed by atoms with van der Waals surface area (Å²) in [6.07, 6.45) is 0. The van der Waals surface area contributed by atoms with E-state index in [1.807, 2.05) is 24.3 Å². The maximum atomic E-state index is 11.7. The van der Waals surface area contributed by atoms with E-state index in [4.69, 9.17) is 23.2 Å². The summed E-state index contributed by atoms with van der Waals surface area (Å²) in [5.74, 6) is 0. The summed E-state index contributed by atoms with van der Waals surface area (Å²) in [5.41, 5.74) is 5.00. The molecular weight excluding hydrogens is 381 g/mol. The lowest BCUT2D eigenvalue weighted by Gasteiger charge is -2.26. The minimum atomic E-state index is -0.108. The summed E-state index contributed by atoms with van der Waals surface area (Å²) in [6, 6.07) is 17.2. The Bertz CT molecular complexity index is 1050. The van der Waals surface area contributed by atoms with E-state index in [1.165, 1.54) is 11.6 Å². The van der Waals surface area contributed by atoms with Crippen molar-refractivity contribution in [1.29, 1.82) is 0 Å². The monoisotopic (exact) mass is 399 g/mol. The Morgan fingerprint density at radius 1 is 0.963 bits per heavy atom. The van der Waals surface area contributed by atoms with Gasteiger partial charge in [-0.2, -0.15) is 0 Å². The number of benzene rings is 2. The van der Waals surface area contributed by atoms with Crippen LogP contribution < -0.4 is 10.5 Å². The molecule has 1 aromatic heterocycles. The minimum absolute atomic E-state index is 0.108. The van der Waals surface area contributed by atoms with E-state index in [0.717, 1.165) is 42.3 Å². The summed E-state index contributed by atoms with van der Waals surface area (Å²) in [4.78, 5) is 19.2. The van der Waals surface area contributed by atoms with E-state index < -0.39 is 0 Å². The van der Waals surface area contributed by atoms with Crippen LogP contribution in [0.3, 0.4) is 0 Å². The molecule has 0 fully saturated rings. The summed E-state index contributed by atoms with van der Waals surface area (Å²) in [5, 5.41) is 1.08. The molecule has 0 spiro atoms. The van der Waals surface area contributed by atoms with Gasteiger partial charge < -0.3 is 14.8 Å². The van der Waals surface area contributed by atoms with Crippen LogP contribution in [0, 0.1) is 0 Å². The van der Waals surface area contributed by atoms with Gasteiger partial charge in [-0.3, -0.25) is 4.79 Å². The second-order valence-corrected chi connectivity index (χ2v) is 7.57. The molecule has 1 aliphatic heterocycles. The number of aromatic nitrogens is 1. The third kappa shape index (κ3) is 3.74. The highest BCUT2D eigenvalue weighted by molar-refractivity contribution is 6.42. The summed E-state index contributed by atoms with van der Waals surface area (Å²) >= 11 is 12.4. The van der Waals surface area contributed by atoms with E-state index in [1.54, 1.807) is 6.07 Å². The van der Waals surface area contributed by atoms with Gasteiger partial charge in [0.05, 0.1) is 10.0 Å². The lowest BCUT2D eigenvalue weighted by molar-refractivity contribution is 0.343. The van der Waals surface area contributed by atoms with Crippen molar-refractivity contribution < 1.29 is 0 Å². The molecule has 4 rings (SSSR count). The molecule has 4 nitrogen and oxygen atoms in total. The zero-order valence-corrected chi connectivity index (χ0v) is 16.4. The van der Waals surface area contributed by atoms with Gasteiger partial charge in [0.2, 0.25) is 5.56 Å². The molecule has 0 aliphatic carbocycles. The van der Waals surface area contributed by atoms with Crippen LogP contribution in [0.15, 0.2) is 59.4 Å². The van der Waals surface area contributed by atoms with Gasteiger partial charge >= 0.3 is 0 Å². The number of halogens is 2. The number of rotatable bonds is 2. The second kappa shape index (κ2) is 7.39. The first-order valence-electron chi connectivity index (χ1n) is 8.75. The fourth-order valence-electron chi connectivity index (χ4n) is 3.41. The number of nitrogens with one attached hydrogen (secondary N) is 1. The quantitative estimate of drug-likeness (QED) is 0.663. The lowest BCUT2D eigenvalue weighted by atomic mass is 10.0. The number of aromatic amines is 1. The van der Waals surface area contributed by atoms with E-state index in [-0.39, 0.29) is 5.56 Å². The number of H-pyrrole nitrogens is 1. The number of hydrogen-bond acceptors (Lipinski definition) is 3. The Hall–Kier alpha value is -2.27. The second-order valence-electron chi connectivity index (χ2n) is 6.76. The fourth-order valence-corrected chi connectivity index (χ4v) is 3.71. The van der Waals surface area contributed by atoms with E-state index in [9.17, 15) is 4.79 Å². The third-order valence-corrected chi connectivity index (χ3v) is 5.55. The molecule has 0 saturated heterocycles. The molecule has 3 aromatic rings. The third-order valence-electron chi connectivity index (χ3n) is 4.82. The molecule has 0 radical (unpaired) electrons. The number of fused-ring (bicyclic) bond motifs is 1. The van der Waals surface area contributed by atoms with Crippen LogP contribution in [-0.4, -0.2) is 30.0 Å². The zero-order valence-electron chi connectivity index (χ0n) is 14.9. The molecule has 27 heavy (non-hydrogen) atoms. The SMILES string of the molecule is CN1CCN(c2ccc(Cl)c(Cl)c2)c2cc(-c3cccc(=O)[nH]3)ccc2C1. The van der Waals surface area contributed by atoms with Crippen molar-refractivity contribution in [3.05, 3.63) is 80.6 Å². The highest BCUT2D eigenvalue weighted by Crippen LogP contribution is 2.36. The van der Waals surface area contributed by atoms with Crippen LogP contribution in [0.1, 0.15) is 5.56 Å². The van der Waals surface area contributed by atoms with Crippen molar-refractivity contribution in [2.45, 2.75) is 6.54 Å². The first kappa shape index (κ1) is 18.1. The smallest absolute Gasteiger partial charge is 0.248 e. The van der Waals surface area contributed by atoms with Crippen molar-refractivity contribution in [1.82, 2.24) is 9.88 Å². The topological polar surface area (TPSA) is 39.3 Å². The van der Waals surface area contributed by atoms with Crippen molar-refractivity contribution in [3.63, 3.8) is 0 Å².